The maximum Gasteiger partial charge on any atom is 0.338 e. The molecule has 0 bridgehead atoms. The Balaban J connectivity index is 2.59. The zero-order valence-electron chi connectivity index (χ0n) is 10.3. The molecule has 0 amide bonds. The van der Waals surface area contributed by atoms with Crippen molar-refractivity contribution >= 4 is 32.7 Å². The molecule has 18 heavy (non-hydrogen) atoms. The summed E-state index contributed by atoms with van der Waals surface area (Å²) in [7, 11) is 1.42. The van der Waals surface area contributed by atoms with Gasteiger partial charge in [0, 0.05) is 5.33 Å². The third-order valence-electron chi connectivity index (χ3n) is 3.01. The molecular weight excluding hydrogens is 292 g/mol. The second-order valence-corrected chi connectivity index (χ2v) is 4.89. The Morgan fingerprint density at radius 3 is 2.72 bits per heavy atom. The number of hydrogen-bond donors (Lipinski definition) is 0. The molecule has 0 aromatic heterocycles. The van der Waals surface area contributed by atoms with Gasteiger partial charge >= 0.3 is 5.97 Å². The average molecular weight is 307 g/mol. The van der Waals surface area contributed by atoms with Gasteiger partial charge in [0.15, 0.2) is 0 Å². The third-order valence-corrected chi connectivity index (χ3v) is 3.57. The number of fused-ring (bicyclic) bond motifs is 1. The van der Waals surface area contributed by atoms with E-state index in [2.05, 4.69) is 28.1 Å². The monoisotopic (exact) mass is 306 g/mol. The topological polar surface area (TPSA) is 26.3 Å². The van der Waals surface area contributed by atoms with Crippen LogP contribution in [0.2, 0.25) is 0 Å². The molecule has 0 aliphatic rings. The first-order chi connectivity index (χ1) is 8.77. The van der Waals surface area contributed by atoms with Crippen LogP contribution in [0.3, 0.4) is 0 Å². The fourth-order valence-corrected chi connectivity index (χ4v) is 2.43. The van der Waals surface area contributed by atoms with Crippen molar-refractivity contribution in [2.24, 2.45) is 0 Å². The summed E-state index contributed by atoms with van der Waals surface area (Å²) in [5.74, 6) is -0.259. The maximum absolute atomic E-state index is 11.8. The van der Waals surface area contributed by atoms with Crippen molar-refractivity contribution in [1.82, 2.24) is 0 Å². The predicted molar refractivity (Wildman–Crippen MR) is 77.4 cm³/mol. The number of hydrogen-bond acceptors (Lipinski definition) is 2. The van der Waals surface area contributed by atoms with Crippen molar-refractivity contribution in [1.29, 1.82) is 0 Å². The van der Waals surface area contributed by atoms with Gasteiger partial charge in [-0.25, -0.2) is 4.79 Å². The van der Waals surface area contributed by atoms with Gasteiger partial charge in [0.25, 0.3) is 0 Å². The van der Waals surface area contributed by atoms with Crippen LogP contribution in [0.15, 0.2) is 36.4 Å². The molecule has 2 nitrogen and oxygen atoms in total. The first-order valence-corrected chi connectivity index (χ1v) is 7.05. The van der Waals surface area contributed by atoms with Crippen LogP contribution < -0.4 is 0 Å². The minimum absolute atomic E-state index is 0.259. The fourth-order valence-electron chi connectivity index (χ4n) is 2.15. The van der Waals surface area contributed by atoms with E-state index in [-0.39, 0.29) is 5.97 Å². The molecule has 0 saturated carbocycles. The smallest absolute Gasteiger partial charge is 0.338 e. The van der Waals surface area contributed by atoms with E-state index < -0.39 is 0 Å². The molecule has 0 heterocycles. The molecule has 3 heteroatoms. The number of ether oxygens (including phenoxy) is 1. The number of alkyl halides is 1. The van der Waals surface area contributed by atoms with Crippen LogP contribution >= 0.6 is 15.9 Å². The van der Waals surface area contributed by atoms with E-state index in [4.69, 9.17) is 4.74 Å². The molecule has 0 fully saturated rings. The van der Waals surface area contributed by atoms with Crippen molar-refractivity contribution in [3.63, 3.8) is 0 Å². The Kier molecular flexibility index (Phi) is 4.37. The van der Waals surface area contributed by atoms with Crippen molar-refractivity contribution in [2.75, 3.05) is 12.4 Å². The van der Waals surface area contributed by atoms with E-state index in [9.17, 15) is 4.79 Å². The van der Waals surface area contributed by atoms with Gasteiger partial charge < -0.3 is 4.74 Å². The number of rotatable bonds is 4. The van der Waals surface area contributed by atoms with Gasteiger partial charge in [0.2, 0.25) is 0 Å². The Hall–Kier alpha value is -1.35. The summed E-state index contributed by atoms with van der Waals surface area (Å²) in [5.41, 5.74) is 1.76. The largest absolute Gasteiger partial charge is 0.465 e. The lowest BCUT2D eigenvalue weighted by Gasteiger charge is -2.11. The minimum atomic E-state index is -0.259. The van der Waals surface area contributed by atoms with Crippen LogP contribution in [0.1, 0.15) is 22.3 Å². The normalized spacial score (nSPS) is 10.6. The highest BCUT2D eigenvalue weighted by atomic mass is 79.9. The van der Waals surface area contributed by atoms with E-state index in [0.717, 1.165) is 34.5 Å². The predicted octanol–water partition coefficient (Wildman–Crippen LogP) is 3.95. The standard InChI is InChI=1S/C15H15BrO2/c1-18-15(17)14-9-8-11-5-2-3-6-12(11)13(14)7-4-10-16/h2-3,5-6,8-9H,4,7,10H2,1H3. The summed E-state index contributed by atoms with van der Waals surface area (Å²) < 4.78 is 4.86. The molecule has 0 aliphatic heterocycles. The highest BCUT2D eigenvalue weighted by molar-refractivity contribution is 9.09. The second-order valence-electron chi connectivity index (χ2n) is 4.10. The molecule has 2 rings (SSSR count). The van der Waals surface area contributed by atoms with Gasteiger partial charge in [-0.15, -0.1) is 0 Å². The fraction of sp³-hybridized carbons (Fsp3) is 0.267. The number of esters is 1. The number of methoxy groups -OCH3 is 1. The molecule has 0 aliphatic carbocycles. The lowest BCUT2D eigenvalue weighted by molar-refractivity contribution is 0.0599. The third kappa shape index (κ3) is 2.56. The highest BCUT2D eigenvalue weighted by Crippen LogP contribution is 2.24. The molecule has 0 atom stereocenters. The van der Waals surface area contributed by atoms with Gasteiger partial charge in [-0.3, -0.25) is 0 Å². The van der Waals surface area contributed by atoms with Gasteiger partial charge in [-0.05, 0) is 35.2 Å². The number of benzene rings is 2. The van der Waals surface area contributed by atoms with Crippen LogP contribution in [0.25, 0.3) is 10.8 Å². The first-order valence-electron chi connectivity index (χ1n) is 5.93. The summed E-state index contributed by atoms with van der Waals surface area (Å²) >= 11 is 3.43. The Bertz CT molecular complexity index is 563. The SMILES string of the molecule is COC(=O)c1ccc2ccccc2c1CCCBr. The second kappa shape index (κ2) is 6.01. The van der Waals surface area contributed by atoms with Crippen LogP contribution in [-0.2, 0) is 11.2 Å². The van der Waals surface area contributed by atoms with Crippen LogP contribution in [0, 0.1) is 0 Å². The molecule has 0 radical (unpaired) electrons. The number of aryl methyl sites for hydroxylation is 1. The summed E-state index contributed by atoms with van der Waals surface area (Å²) in [4.78, 5) is 11.8. The van der Waals surface area contributed by atoms with E-state index in [1.54, 1.807) is 0 Å². The summed E-state index contributed by atoms with van der Waals surface area (Å²) in [6.07, 6.45) is 1.87. The minimum Gasteiger partial charge on any atom is -0.465 e. The van der Waals surface area contributed by atoms with E-state index in [1.807, 2.05) is 24.3 Å². The van der Waals surface area contributed by atoms with Crippen LogP contribution in [-0.4, -0.2) is 18.4 Å². The molecule has 0 saturated heterocycles. The highest BCUT2D eigenvalue weighted by Gasteiger charge is 2.14. The summed E-state index contributed by atoms with van der Waals surface area (Å²) in [5, 5.41) is 3.23. The molecule has 0 N–H and O–H groups in total. The van der Waals surface area contributed by atoms with Crippen LogP contribution in [0.4, 0.5) is 0 Å². The average Bonchev–Trinajstić information content (AvgIpc) is 2.43. The summed E-state index contributed by atoms with van der Waals surface area (Å²) in [6.45, 7) is 0. The molecular formula is C15H15BrO2. The molecule has 2 aromatic carbocycles. The summed E-state index contributed by atoms with van der Waals surface area (Å²) in [6, 6.07) is 12.0. The van der Waals surface area contributed by atoms with Gasteiger partial charge in [0.05, 0.1) is 12.7 Å². The Labute approximate surface area is 115 Å². The quantitative estimate of drug-likeness (QED) is 0.631. The zero-order chi connectivity index (χ0) is 13.0. The van der Waals surface area contributed by atoms with E-state index in [1.165, 1.54) is 7.11 Å². The lowest BCUT2D eigenvalue weighted by Crippen LogP contribution is -2.06. The molecule has 2 aromatic rings. The van der Waals surface area contributed by atoms with E-state index in [0.29, 0.717) is 5.56 Å². The van der Waals surface area contributed by atoms with Crippen molar-refractivity contribution in [3.05, 3.63) is 47.5 Å². The molecule has 0 unspecified atom stereocenters. The van der Waals surface area contributed by atoms with Gasteiger partial charge in [-0.1, -0.05) is 46.3 Å². The zero-order valence-corrected chi connectivity index (χ0v) is 11.9. The van der Waals surface area contributed by atoms with Crippen molar-refractivity contribution in [3.8, 4) is 0 Å². The number of carbonyl (C=O) groups is 1. The lowest BCUT2D eigenvalue weighted by atomic mass is 9.96. The van der Waals surface area contributed by atoms with Gasteiger partial charge in [0.1, 0.15) is 0 Å². The van der Waals surface area contributed by atoms with E-state index >= 15 is 0 Å². The Morgan fingerprint density at radius 1 is 1.22 bits per heavy atom. The van der Waals surface area contributed by atoms with Gasteiger partial charge in [-0.2, -0.15) is 0 Å². The Morgan fingerprint density at radius 2 is 2.00 bits per heavy atom. The molecule has 0 spiro atoms. The maximum atomic E-state index is 11.8. The van der Waals surface area contributed by atoms with Crippen LogP contribution in [0.5, 0.6) is 0 Å². The number of carbonyl (C=O) groups excluding carboxylic acids is 1. The number of halogens is 1. The van der Waals surface area contributed by atoms with Crippen molar-refractivity contribution < 1.29 is 9.53 Å². The molecule has 94 valence electrons. The van der Waals surface area contributed by atoms with Crippen molar-refractivity contribution in [2.45, 2.75) is 12.8 Å². The first kappa shape index (κ1) is 13.1.